The van der Waals surface area contributed by atoms with Crippen molar-refractivity contribution in [3.8, 4) is 0 Å². The summed E-state index contributed by atoms with van der Waals surface area (Å²) in [6.07, 6.45) is 0.841. The summed E-state index contributed by atoms with van der Waals surface area (Å²) in [6.45, 7) is 4.34. The summed E-state index contributed by atoms with van der Waals surface area (Å²) < 4.78 is 0. The van der Waals surface area contributed by atoms with Crippen LogP contribution in [-0.4, -0.2) is 18.0 Å². The van der Waals surface area contributed by atoms with Crippen molar-refractivity contribution < 1.29 is 9.59 Å². The summed E-state index contributed by atoms with van der Waals surface area (Å²) in [4.78, 5) is 25.5. The lowest BCUT2D eigenvalue weighted by molar-refractivity contribution is -0.119. The molecule has 1 fully saturated rings. The van der Waals surface area contributed by atoms with Crippen LogP contribution in [0, 0.1) is 5.92 Å². The smallest absolute Gasteiger partial charge is 0.326 e. The molecule has 0 aliphatic carbocycles. The first kappa shape index (κ1) is 13.5. The number of rotatable bonds is 4. The molecule has 1 saturated heterocycles. The van der Waals surface area contributed by atoms with E-state index >= 15 is 0 Å². The third-order valence-electron chi connectivity index (χ3n) is 3.59. The van der Waals surface area contributed by atoms with Crippen LogP contribution in [0.3, 0.4) is 0 Å². The zero-order valence-electron chi connectivity index (χ0n) is 11.2. The van der Waals surface area contributed by atoms with E-state index in [0.29, 0.717) is 12.2 Å². The molecule has 0 spiro atoms. The first-order valence-corrected chi connectivity index (χ1v) is 6.52. The SMILES string of the molecule is CCC(C)C1NC(=O)N(c2cccc(CN)c2)C1=O. The molecule has 0 aromatic heterocycles. The number of imide groups is 1. The van der Waals surface area contributed by atoms with Crippen LogP contribution in [0.2, 0.25) is 0 Å². The van der Waals surface area contributed by atoms with Crippen LogP contribution in [-0.2, 0) is 11.3 Å². The van der Waals surface area contributed by atoms with Crippen molar-refractivity contribution >= 4 is 17.6 Å². The van der Waals surface area contributed by atoms with Crippen molar-refractivity contribution in [3.05, 3.63) is 29.8 Å². The molecule has 2 atom stereocenters. The zero-order chi connectivity index (χ0) is 14.0. The van der Waals surface area contributed by atoms with Gasteiger partial charge in [0.15, 0.2) is 0 Å². The normalized spacial score (nSPS) is 20.6. The Balaban J connectivity index is 2.29. The molecule has 0 saturated carbocycles. The molecule has 3 amide bonds. The van der Waals surface area contributed by atoms with Crippen LogP contribution in [0.15, 0.2) is 24.3 Å². The standard InChI is InChI=1S/C14H19N3O2/c1-3-9(2)12-13(18)17(14(19)16-12)11-6-4-5-10(7-11)8-15/h4-7,9,12H,3,8,15H2,1-2H3,(H,16,19). The van der Waals surface area contributed by atoms with Crippen molar-refractivity contribution in [2.75, 3.05) is 4.90 Å². The number of hydrogen-bond donors (Lipinski definition) is 2. The summed E-state index contributed by atoms with van der Waals surface area (Å²) in [5, 5.41) is 2.75. The van der Waals surface area contributed by atoms with Crippen molar-refractivity contribution in [2.45, 2.75) is 32.9 Å². The van der Waals surface area contributed by atoms with Crippen LogP contribution in [0.1, 0.15) is 25.8 Å². The summed E-state index contributed by atoms with van der Waals surface area (Å²) in [6, 6.07) is 6.40. The molecule has 1 aliphatic heterocycles. The van der Waals surface area contributed by atoms with E-state index in [1.165, 1.54) is 4.90 Å². The van der Waals surface area contributed by atoms with Gasteiger partial charge in [-0.1, -0.05) is 32.4 Å². The van der Waals surface area contributed by atoms with Gasteiger partial charge < -0.3 is 11.1 Å². The second kappa shape index (κ2) is 5.40. The Labute approximate surface area is 112 Å². The Hall–Kier alpha value is -1.88. The number of amides is 3. The monoisotopic (exact) mass is 261 g/mol. The van der Waals surface area contributed by atoms with E-state index in [0.717, 1.165) is 12.0 Å². The molecule has 0 bridgehead atoms. The van der Waals surface area contributed by atoms with Gasteiger partial charge in [0.25, 0.3) is 5.91 Å². The molecule has 1 heterocycles. The highest BCUT2D eigenvalue weighted by atomic mass is 16.2. The molecular weight excluding hydrogens is 242 g/mol. The number of anilines is 1. The van der Waals surface area contributed by atoms with Crippen LogP contribution in [0.4, 0.5) is 10.5 Å². The van der Waals surface area contributed by atoms with Gasteiger partial charge in [0.05, 0.1) is 5.69 Å². The summed E-state index contributed by atoms with van der Waals surface area (Å²) in [5.41, 5.74) is 7.05. The fourth-order valence-corrected chi connectivity index (χ4v) is 2.19. The third kappa shape index (κ3) is 2.46. The van der Waals surface area contributed by atoms with Crippen molar-refractivity contribution in [3.63, 3.8) is 0 Å². The van der Waals surface area contributed by atoms with Crippen molar-refractivity contribution in [1.82, 2.24) is 5.32 Å². The van der Waals surface area contributed by atoms with Gasteiger partial charge in [-0.05, 0) is 23.6 Å². The Morgan fingerprint density at radius 2 is 2.16 bits per heavy atom. The quantitative estimate of drug-likeness (QED) is 0.809. The van der Waals surface area contributed by atoms with E-state index in [4.69, 9.17) is 5.73 Å². The van der Waals surface area contributed by atoms with Gasteiger partial charge in [0.2, 0.25) is 0 Å². The second-order valence-electron chi connectivity index (χ2n) is 4.86. The second-order valence-corrected chi connectivity index (χ2v) is 4.86. The number of nitrogens with zero attached hydrogens (tertiary/aromatic N) is 1. The minimum Gasteiger partial charge on any atom is -0.326 e. The van der Waals surface area contributed by atoms with Gasteiger partial charge in [-0.25, -0.2) is 9.69 Å². The minimum atomic E-state index is -0.431. The molecule has 1 aromatic carbocycles. The van der Waals surface area contributed by atoms with Crippen LogP contribution in [0.25, 0.3) is 0 Å². The van der Waals surface area contributed by atoms with Gasteiger partial charge in [-0.2, -0.15) is 0 Å². The molecule has 19 heavy (non-hydrogen) atoms. The fourth-order valence-electron chi connectivity index (χ4n) is 2.19. The maximum absolute atomic E-state index is 12.3. The molecule has 1 aliphatic rings. The number of benzene rings is 1. The lowest BCUT2D eigenvalue weighted by Gasteiger charge is -2.16. The predicted octanol–water partition coefficient (Wildman–Crippen LogP) is 1.62. The van der Waals surface area contributed by atoms with Gasteiger partial charge in [0, 0.05) is 6.54 Å². The summed E-state index contributed by atoms with van der Waals surface area (Å²) in [7, 11) is 0. The zero-order valence-corrected chi connectivity index (χ0v) is 11.2. The molecule has 2 unspecified atom stereocenters. The predicted molar refractivity (Wildman–Crippen MR) is 73.6 cm³/mol. The highest BCUT2D eigenvalue weighted by Crippen LogP contribution is 2.24. The Morgan fingerprint density at radius 1 is 1.42 bits per heavy atom. The number of carbonyl (C=O) groups is 2. The first-order chi connectivity index (χ1) is 9.08. The molecule has 0 radical (unpaired) electrons. The van der Waals surface area contributed by atoms with E-state index in [1.54, 1.807) is 18.2 Å². The maximum atomic E-state index is 12.3. The van der Waals surface area contributed by atoms with Crippen LogP contribution < -0.4 is 16.0 Å². The van der Waals surface area contributed by atoms with E-state index in [2.05, 4.69) is 5.32 Å². The molecule has 5 nitrogen and oxygen atoms in total. The van der Waals surface area contributed by atoms with E-state index in [9.17, 15) is 9.59 Å². The largest absolute Gasteiger partial charge is 0.329 e. The van der Waals surface area contributed by atoms with Gasteiger partial charge in [-0.15, -0.1) is 0 Å². The maximum Gasteiger partial charge on any atom is 0.329 e. The van der Waals surface area contributed by atoms with Gasteiger partial charge in [0.1, 0.15) is 6.04 Å². The average Bonchev–Trinajstić information content (AvgIpc) is 2.73. The van der Waals surface area contributed by atoms with Crippen molar-refractivity contribution in [2.24, 2.45) is 11.7 Å². The third-order valence-corrected chi connectivity index (χ3v) is 3.59. The highest BCUT2D eigenvalue weighted by molar-refractivity contribution is 6.21. The van der Waals surface area contributed by atoms with Crippen LogP contribution >= 0.6 is 0 Å². The minimum absolute atomic E-state index is 0.124. The first-order valence-electron chi connectivity index (χ1n) is 6.52. The molecule has 2 rings (SSSR count). The lowest BCUT2D eigenvalue weighted by Crippen LogP contribution is -2.35. The molecular formula is C14H19N3O2. The number of nitrogens with one attached hydrogen (secondary N) is 1. The molecule has 1 aromatic rings. The molecule has 3 N–H and O–H groups in total. The van der Waals surface area contributed by atoms with Crippen LogP contribution in [0.5, 0.6) is 0 Å². The highest BCUT2D eigenvalue weighted by Gasteiger charge is 2.41. The Morgan fingerprint density at radius 3 is 2.79 bits per heavy atom. The Kier molecular flexibility index (Phi) is 3.85. The summed E-state index contributed by atoms with van der Waals surface area (Å²) in [5.74, 6) is -0.0623. The van der Waals surface area contributed by atoms with E-state index in [-0.39, 0.29) is 17.9 Å². The molecule has 102 valence electrons. The topological polar surface area (TPSA) is 75.4 Å². The number of nitrogens with two attached hydrogens (primary N) is 1. The lowest BCUT2D eigenvalue weighted by atomic mass is 9.99. The summed E-state index contributed by atoms with van der Waals surface area (Å²) >= 11 is 0. The van der Waals surface area contributed by atoms with Gasteiger partial charge in [-0.3, -0.25) is 4.79 Å². The number of hydrogen-bond acceptors (Lipinski definition) is 3. The average molecular weight is 261 g/mol. The van der Waals surface area contributed by atoms with E-state index in [1.807, 2.05) is 19.9 Å². The number of urea groups is 1. The number of carbonyl (C=O) groups excluding carboxylic acids is 2. The van der Waals surface area contributed by atoms with Gasteiger partial charge >= 0.3 is 6.03 Å². The van der Waals surface area contributed by atoms with E-state index < -0.39 is 6.04 Å². The molecule has 5 heteroatoms. The fraction of sp³-hybridized carbons (Fsp3) is 0.429. The van der Waals surface area contributed by atoms with Crippen molar-refractivity contribution in [1.29, 1.82) is 0 Å². The Bertz CT molecular complexity index is 501.